The number of anilines is 1. The SMILES string of the molecule is Cc1ccc(CNC(=O)C2CCN(C(=O)CNc3ccccc3[N+](=O)[O-])CC2)cc1F. The van der Waals surface area contributed by atoms with Crippen molar-refractivity contribution in [2.24, 2.45) is 5.92 Å². The third-order valence-corrected chi connectivity index (χ3v) is 5.45. The molecule has 2 aromatic rings. The van der Waals surface area contributed by atoms with Crippen molar-refractivity contribution >= 4 is 23.2 Å². The lowest BCUT2D eigenvalue weighted by Gasteiger charge is -2.31. The normalized spacial score (nSPS) is 14.2. The number of hydrogen-bond donors (Lipinski definition) is 2. The van der Waals surface area contributed by atoms with E-state index in [1.807, 2.05) is 0 Å². The van der Waals surface area contributed by atoms with Gasteiger partial charge in [0.15, 0.2) is 0 Å². The zero-order chi connectivity index (χ0) is 22.4. The van der Waals surface area contributed by atoms with Crippen LogP contribution < -0.4 is 10.6 Å². The van der Waals surface area contributed by atoms with Crippen LogP contribution in [0.2, 0.25) is 0 Å². The number of halogens is 1. The Morgan fingerprint density at radius 1 is 1.19 bits per heavy atom. The van der Waals surface area contributed by atoms with Crippen LogP contribution >= 0.6 is 0 Å². The summed E-state index contributed by atoms with van der Waals surface area (Å²) in [7, 11) is 0. The minimum Gasteiger partial charge on any atom is -0.371 e. The Morgan fingerprint density at radius 2 is 1.90 bits per heavy atom. The number of aryl methyl sites for hydroxylation is 1. The molecule has 0 saturated carbocycles. The summed E-state index contributed by atoms with van der Waals surface area (Å²) in [6, 6.07) is 11.0. The number of carbonyl (C=O) groups excluding carboxylic acids is 2. The monoisotopic (exact) mass is 428 g/mol. The van der Waals surface area contributed by atoms with Gasteiger partial charge >= 0.3 is 0 Å². The van der Waals surface area contributed by atoms with Crippen LogP contribution in [0.5, 0.6) is 0 Å². The molecule has 0 bridgehead atoms. The number of para-hydroxylation sites is 2. The van der Waals surface area contributed by atoms with E-state index in [-0.39, 0.29) is 42.3 Å². The summed E-state index contributed by atoms with van der Waals surface area (Å²) in [5.41, 5.74) is 1.47. The van der Waals surface area contributed by atoms with Gasteiger partial charge in [-0.25, -0.2) is 4.39 Å². The molecule has 0 atom stereocenters. The standard InChI is InChI=1S/C22H25FN4O4/c1-15-6-7-16(12-18(15)23)13-25-22(29)17-8-10-26(11-9-17)21(28)14-24-19-4-2-3-5-20(19)27(30)31/h2-7,12,17,24H,8-11,13-14H2,1H3,(H,25,29). The maximum absolute atomic E-state index is 13.6. The number of nitrogens with one attached hydrogen (secondary N) is 2. The number of piperidine rings is 1. The van der Waals surface area contributed by atoms with E-state index < -0.39 is 4.92 Å². The van der Waals surface area contributed by atoms with Gasteiger partial charge in [0.1, 0.15) is 11.5 Å². The van der Waals surface area contributed by atoms with Gasteiger partial charge in [0.05, 0.1) is 11.5 Å². The van der Waals surface area contributed by atoms with Crippen LogP contribution in [-0.2, 0) is 16.1 Å². The van der Waals surface area contributed by atoms with Crippen molar-refractivity contribution in [3.63, 3.8) is 0 Å². The molecule has 0 unspecified atom stereocenters. The number of hydrogen-bond acceptors (Lipinski definition) is 5. The molecule has 0 radical (unpaired) electrons. The summed E-state index contributed by atoms with van der Waals surface area (Å²) in [5, 5.41) is 16.7. The lowest BCUT2D eigenvalue weighted by atomic mass is 9.95. The van der Waals surface area contributed by atoms with E-state index in [4.69, 9.17) is 0 Å². The van der Waals surface area contributed by atoms with Gasteiger partial charge in [0.2, 0.25) is 11.8 Å². The van der Waals surface area contributed by atoms with E-state index in [1.165, 1.54) is 12.1 Å². The molecular formula is C22H25FN4O4. The van der Waals surface area contributed by atoms with Crippen molar-refractivity contribution in [3.8, 4) is 0 Å². The number of nitrogens with zero attached hydrogens (tertiary/aromatic N) is 2. The summed E-state index contributed by atoms with van der Waals surface area (Å²) in [6.07, 6.45) is 1.07. The quantitative estimate of drug-likeness (QED) is 0.521. The summed E-state index contributed by atoms with van der Waals surface area (Å²) in [6.45, 7) is 2.77. The number of nitro benzene ring substituents is 1. The molecule has 3 rings (SSSR count). The van der Waals surface area contributed by atoms with Gasteiger partial charge in [-0.05, 0) is 43.0 Å². The fourth-order valence-electron chi connectivity index (χ4n) is 3.54. The average molecular weight is 428 g/mol. The molecule has 1 aliphatic heterocycles. The molecule has 1 aliphatic rings. The van der Waals surface area contributed by atoms with Crippen LogP contribution in [-0.4, -0.2) is 41.3 Å². The molecule has 9 heteroatoms. The Morgan fingerprint density at radius 3 is 2.58 bits per heavy atom. The summed E-state index contributed by atoms with van der Waals surface area (Å²) < 4.78 is 13.6. The maximum Gasteiger partial charge on any atom is 0.292 e. The maximum atomic E-state index is 13.6. The Balaban J connectivity index is 1.44. The van der Waals surface area contributed by atoms with Crippen molar-refractivity contribution in [3.05, 3.63) is 69.5 Å². The number of carbonyl (C=O) groups is 2. The lowest BCUT2D eigenvalue weighted by molar-refractivity contribution is -0.383. The second-order valence-electron chi connectivity index (χ2n) is 7.58. The second kappa shape index (κ2) is 10.0. The molecule has 164 valence electrons. The van der Waals surface area contributed by atoms with E-state index in [2.05, 4.69) is 10.6 Å². The molecule has 0 aromatic heterocycles. The van der Waals surface area contributed by atoms with E-state index in [0.717, 1.165) is 0 Å². The number of rotatable bonds is 7. The van der Waals surface area contributed by atoms with Crippen LogP contribution in [0, 0.1) is 28.8 Å². The van der Waals surface area contributed by atoms with Gasteiger partial charge in [-0.2, -0.15) is 0 Å². The number of benzene rings is 2. The van der Waals surface area contributed by atoms with Crippen LogP contribution in [0.15, 0.2) is 42.5 Å². The molecule has 0 spiro atoms. The highest BCUT2D eigenvalue weighted by Crippen LogP contribution is 2.23. The van der Waals surface area contributed by atoms with E-state index in [1.54, 1.807) is 42.2 Å². The summed E-state index contributed by atoms with van der Waals surface area (Å²) >= 11 is 0. The molecule has 8 nitrogen and oxygen atoms in total. The van der Waals surface area contributed by atoms with Gasteiger partial charge in [-0.1, -0.05) is 24.3 Å². The van der Waals surface area contributed by atoms with E-state index >= 15 is 0 Å². The molecule has 1 fully saturated rings. The van der Waals surface area contributed by atoms with Crippen LogP contribution in [0.25, 0.3) is 0 Å². The van der Waals surface area contributed by atoms with Gasteiger partial charge in [0, 0.05) is 31.6 Å². The fourth-order valence-corrected chi connectivity index (χ4v) is 3.54. The topological polar surface area (TPSA) is 105 Å². The van der Waals surface area contributed by atoms with Crippen molar-refractivity contribution in [2.75, 3.05) is 25.0 Å². The molecule has 2 aromatic carbocycles. The van der Waals surface area contributed by atoms with E-state index in [0.29, 0.717) is 42.7 Å². The number of amides is 2. The zero-order valence-electron chi connectivity index (χ0n) is 17.3. The van der Waals surface area contributed by atoms with Gasteiger partial charge in [0.25, 0.3) is 5.69 Å². The molecular weight excluding hydrogens is 403 g/mol. The fraction of sp³-hybridized carbons (Fsp3) is 0.364. The third-order valence-electron chi connectivity index (χ3n) is 5.45. The smallest absolute Gasteiger partial charge is 0.292 e. The predicted octanol–water partition coefficient (Wildman–Crippen LogP) is 3.01. The molecule has 2 N–H and O–H groups in total. The largest absolute Gasteiger partial charge is 0.371 e. The van der Waals surface area contributed by atoms with Crippen molar-refractivity contribution < 1.29 is 18.9 Å². The minimum absolute atomic E-state index is 0.0549. The van der Waals surface area contributed by atoms with Gasteiger partial charge in [-0.15, -0.1) is 0 Å². The molecule has 0 aliphatic carbocycles. The zero-order valence-corrected chi connectivity index (χ0v) is 17.3. The van der Waals surface area contributed by atoms with Crippen molar-refractivity contribution in [1.29, 1.82) is 0 Å². The number of nitro groups is 1. The first-order chi connectivity index (χ1) is 14.8. The van der Waals surface area contributed by atoms with Crippen LogP contribution in [0.1, 0.15) is 24.0 Å². The first-order valence-corrected chi connectivity index (χ1v) is 10.1. The van der Waals surface area contributed by atoms with Crippen molar-refractivity contribution in [2.45, 2.75) is 26.3 Å². The molecule has 31 heavy (non-hydrogen) atoms. The Kier molecular flexibility index (Phi) is 7.17. The first-order valence-electron chi connectivity index (χ1n) is 10.1. The van der Waals surface area contributed by atoms with Gasteiger partial charge < -0.3 is 15.5 Å². The van der Waals surface area contributed by atoms with Crippen LogP contribution in [0.3, 0.4) is 0 Å². The Bertz CT molecular complexity index is 974. The Labute approximate surface area is 179 Å². The summed E-state index contributed by atoms with van der Waals surface area (Å²) in [5.74, 6) is -0.784. The highest BCUT2D eigenvalue weighted by molar-refractivity contribution is 5.83. The van der Waals surface area contributed by atoms with Gasteiger partial charge in [-0.3, -0.25) is 19.7 Å². The highest BCUT2D eigenvalue weighted by atomic mass is 19.1. The number of likely N-dealkylation sites (tertiary alicyclic amines) is 1. The molecule has 1 saturated heterocycles. The Hall–Kier alpha value is -3.49. The predicted molar refractivity (Wildman–Crippen MR) is 114 cm³/mol. The average Bonchev–Trinajstić information content (AvgIpc) is 2.78. The lowest BCUT2D eigenvalue weighted by Crippen LogP contribution is -2.44. The van der Waals surface area contributed by atoms with Crippen molar-refractivity contribution in [1.82, 2.24) is 10.2 Å². The third kappa shape index (κ3) is 5.78. The second-order valence-corrected chi connectivity index (χ2v) is 7.58. The molecule has 1 heterocycles. The minimum atomic E-state index is -0.498. The van der Waals surface area contributed by atoms with Crippen LogP contribution in [0.4, 0.5) is 15.8 Å². The summed E-state index contributed by atoms with van der Waals surface area (Å²) in [4.78, 5) is 37.1. The first kappa shape index (κ1) is 22.2. The van der Waals surface area contributed by atoms with E-state index in [9.17, 15) is 24.1 Å². The molecule has 2 amide bonds. The highest BCUT2D eigenvalue weighted by Gasteiger charge is 2.27.